The van der Waals surface area contributed by atoms with Gasteiger partial charge in [-0.1, -0.05) is 12.1 Å². The molecule has 5 rings (SSSR count). The zero-order valence-corrected chi connectivity index (χ0v) is 25.5. The second kappa shape index (κ2) is 13.9. The molecule has 2 aliphatic heterocycles. The maximum Gasteiger partial charge on any atom is 0.338 e. The van der Waals surface area contributed by atoms with E-state index in [1.54, 1.807) is 0 Å². The van der Waals surface area contributed by atoms with Crippen LogP contribution in [0.5, 0.6) is 5.75 Å². The van der Waals surface area contributed by atoms with Crippen LogP contribution in [-0.4, -0.2) is 74.3 Å². The van der Waals surface area contributed by atoms with Crippen LogP contribution < -0.4 is 15.0 Å². The molecule has 0 atom stereocenters. The van der Waals surface area contributed by atoms with Crippen molar-refractivity contribution >= 4 is 23.5 Å². The fraction of sp³-hybridized carbons (Fsp3) is 0.559. The number of carbonyl (C=O) groups is 3. The summed E-state index contributed by atoms with van der Waals surface area (Å²) in [6, 6.07) is 12.3. The number of likely N-dealkylation sites (tertiary alicyclic amines) is 1. The largest absolute Gasteiger partial charge is 0.494 e. The zero-order valence-electron chi connectivity index (χ0n) is 25.5. The van der Waals surface area contributed by atoms with Crippen molar-refractivity contribution in [2.75, 3.05) is 51.4 Å². The first-order valence-corrected chi connectivity index (χ1v) is 15.7. The highest BCUT2D eigenvalue weighted by atomic mass is 16.5. The molecule has 43 heavy (non-hydrogen) atoms. The minimum atomic E-state index is -0.471. The minimum Gasteiger partial charge on any atom is -0.494 e. The van der Waals surface area contributed by atoms with E-state index in [9.17, 15) is 14.4 Å². The lowest BCUT2D eigenvalue weighted by molar-refractivity contribution is -0.123. The number of unbranched alkanes of at least 4 members (excludes halogenated alkanes) is 1. The molecule has 1 saturated carbocycles. The van der Waals surface area contributed by atoms with Crippen molar-refractivity contribution in [1.82, 2.24) is 10.2 Å². The Morgan fingerprint density at radius 1 is 1.09 bits per heavy atom. The lowest BCUT2D eigenvalue weighted by Crippen LogP contribution is -2.41. The number of esters is 1. The third-order valence-corrected chi connectivity index (χ3v) is 9.19. The first-order chi connectivity index (χ1) is 20.8. The van der Waals surface area contributed by atoms with Crippen LogP contribution in [0.4, 0.5) is 5.69 Å². The van der Waals surface area contributed by atoms with Crippen LogP contribution in [0, 0.1) is 5.41 Å². The highest BCUT2D eigenvalue weighted by Crippen LogP contribution is 2.45. The van der Waals surface area contributed by atoms with Gasteiger partial charge in [-0.3, -0.25) is 14.5 Å². The van der Waals surface area contributed by atoms with Crippen molar-refractivity contribution in [3.05, 3.63) is 58.7 Å². The number of rotatable bonds is 13. The number of anilines is 1. The normalized spacial score (nSPS) is 18.2. The molecular weight excluding hydrogens is 546 g/mol. The number of nitrogens with one attached hydrogen (secondary N) is 1. The molecular formula is C34H45N3O6. The predicted octanol–water partition coefficient (Wildman–Crippen LogP) is 4.20. The number of benzene rings is 2. The van der Waals surface area contributed by atoms with Crippen molar-refractivity contribution in [2.45, 2.75) is 70.8 Å². The van der Waals surface area contributed by atoms with Gasteiger partial charge in [-0.15, -0.1) is 0 Å². The fourth-order valence-corrected chi connectivity index (χ4v) is 6.55. The molecule has 0 bridgehead atoms. The van der Waals surface area contributed by atoms with Gasteiger partial charge in [-0.25, -0.2) is 4.79 Å². The van der Waals surface area contributed by atoms with E-state index >= 15 is 0 Å². The molecule has 2 aromatic rings. The first-order valence-electron chi connectivity index (χ1n) is 15.7. The van der Waals surface area contributed by atoms with E-state index in [1.807, 2.05) is 17.9 Å². The molecule has 3 aliphatic rings. The van der Waals surface area contributed by atoms with Crippen molar-refractivity contribution in [3.63, 3.8) is 0 Å². The molecule has 2 saturated heterocycles. The Balaban J connectivity index is 1.16. The average molecular weight is 592 g/mol. The van der Waals surface area contributed by atoms with Gasteiger partial charge >= 0.3 is 5.97 Å². The standard InChI is InChI=1S/C34H45N3O6/c1-3-43-30-19-29(33(41)42-2)28(25-9-10-25)18-26(30)21-36-16-13-34(14-17-36)20-32(40)37(23-34)27-11-7-24(8-12-27)6-4-5-15-35-31(39)22-38/h7-8,11-12,18-19,25,38H,3-6,9-10,13-17,20-23H2,1-2H3,(H,35,39). The number of nitrogens with zero attached hydrogens (tertiary/aromatic N) is 2. The first kappa shape index (κ1) is 31.0. The average Bonchev–Trinajstić information content (AvgIpc) is 3.82. The van der Waals surface area contributed by atoms with Crippen molar-refractivity contribution < 1.29 is 29.0 Å². The Morgan fingerprint density at radius 3 is 2.49 bits per heavy atom. The molecule has 2 N–H and O–H groups in total. The fourth-order valence-electron chi connectivity index (χ4n) is 6.55. The van der Waals surface area contributed by atoms with Crippen LogP contribution in [-0.2, 0) is 27.3 Å². The van der Waals surface area contributed by atoms with Gasteiger partial charge in [0.05, 0.1) is 19.3 Å². The van der Waals surface area contributed by atoms with E-state index in [0.29, 0.717) is 31.1 Å². The molecule has 3 fully saturated rings. The van der Waals surface area contributed by atoms with E-state index in [2.05, 4.69) is 40.5 Å². The highest BCUT2D eigenvalue weighted by Gasteiger charge is 2.45. The lowest BCUT2D eigenvalue weighted by Gasteiger charge is -2.39. The van der Waals surface area contributed by atoms with Gasteiger partial charge in [0.15, 0.2) is 0 Å². The van der Waals surface area contributed by atoms with E-state index in [0.717, 1.165) is 93.7 Å². The second-order valence-corrected chi connectivity index (χ2v) is 12.3. The second-order valence-electron chi connectivity index (χ2n) is 12.3. The summed E-state index contributed by atoms with van der Waals surface area (Å²) < 4.78 is 11.0. The number of methoxy groups -OCH3 is 1. The maximum atomic E-state index is 13.2. The van der Waals surface area contributed by atoms with Gasteiger partial charge in [0.25, 0.3) is 0 Å². The van der Waals surface area contributed by atoms with E-state index in [-0.39, 0.29) is 23.2 Å². The van der Waals surface area contributed by atoms with Gasteiger partial charge in [0.1, 0.15) is 12.4 Å². The molecule has 1 aliphatic carbocycles. The minimum absolute atomic E-state index is 0.00191. The molecule has 0 radical (unpaired) electrons. The zero-order chi connectivity index (χ0) is 30.4. The number of carbonyl (C=O) groups excluding carboxylic acids is 3. The van der Waals surface area contributed by atoms with Crippen LogP contribution in [0.1, 0.15) is 84.8 Å². The number of aliphatic hydroxyl groups excluding tert-OH is 1. The molecule has 1 spiro atoms. The molecule has 0 unspecified atom stereocenters. The Morgan fingerprint density at radius 2 is 1.84 bits per heavy atom. The van der Waals surface area contributed by atoms with Crippen LogP contribution in [0.25, 0.3) is 0 Å². The number of aryl methyl sites for hydroxylation is 1. The maximum absolute atomic E-state index is 13.2. The topological polar surface area (TPSA) is 108 Å². The van der Waals surface area contributed by atoms with Crippen LogP contribution in [0.15, 0.2) is 36.4 Å². The summed E-state index contributed by atoms with van der Waals surface area (Å²) in [6.45, 7) is 5.94. The molecule has 9 heteroatoms. The third kappa shape index (κ3) is 7.57. The summed E-state index contributed by atoms with van der Waals surface area (Å²) in [5.74, 6) is 0.733. The number of ether oxygens (including phenoxy) is 2. The van der Waals surface area contributed by atoms with Gasteiger partial charge < -0.3 is 24.8 Å². The summed E-state index contributed by atoms with van der Waals surface area (Å²) >= 11 is 0. The number of hydrogen-bond acceptors (Lipinski definition) is 7. The summed E-state index contributed by atoms with van der Waals surface area (Å²) in [4.78, 5) is 41.2. The highest BCUT2D eigenvalue weighted by molar-refractivity contribution is 5.96. The van der Waals surface area contributed by atoms with Gasteiger partial charge in [-0.2, -0.15) is 0 Å². The molecule has 232 valence electrons. The summed E-state index contributed by atoms with van der Waals surface area (Å²) in [5.41, 5.74) is 4.99. The van der Waals surface area contributed by atoms with E-state index < -0.39 is 6.61 Å². The number of hydrogen-bond donors (Lipinski definition) is 2. The monoisotopic (exact) mass is 591 g/mol. The van der Waals surface area contributed by atoms with Crippen LogP contribution in [0.3, 0.4) is 0 Å². The summed E-state index contributed by atoms with van der Waals surface area (Å²) in [7, 11) is 1.43. The van der Waals surface area contributed by atoms with Crippen molar-refractivity contribution in [3.8, 4) is 5.75 Å². The molecule has 2 heterocycles. The quantitative estimate of drug-likeness (QED) is 0.266. The Kier molecular flexibility index (Phi) is 10.0. The predicted molar refractivity (Wildman–Crippen MR) is 164 cm³/mol. The third-order valence-electron chi connectivity index (χ3n) is 9.19. The Bertz CT molecular complexity index is 1300. The van der Waals surface area contributed by atoms with Crippen LogP contribution >= 0.6 is 0 Å². The van der Waals surface area contributed by atoms with E-state index in [4.69, 9.17) is 14.6 Å². The number of aliphatic hydroxyl groups is 1. The molecule has 2 amide bonds. The van der Waals surface area contributed by atoms with Gasteiger partial charge in [-0.05, 0) is 112 Å². The van der Waals surface area contributed by atoms with E-state index in [1.165, 1.54) is 12.7 Å². The van der Waals surface area contributed by atoms with Crippen molar-refractivity contribution in [2.24, 2.45) is 5.41 Å². The summed E-state index contributed by atoms with van der Waals surface area (Å²) in [5, 5.41) is 11.5. The smallest absolute Gasteiger partial charge is 0.338 e. The van der Waals surface area contributed by atoms with Gasteiger partial charge in [0.2, 0.25) is 11.8 Å². The summed E-state index contributed by atoms with van der Waals surface area (Å²) in [6.07, 6.45) is 7.43. The van der Waals surface area contributed by atoms with Crippen LogP contribution in [0.2, 0.25) is 0 Å². The SMILES string of the molecule is CCOc1cc(C(=O)OC)c(C2CC2)cc1CN1CCC2(CC1)CC(=O)N(c1ccc(CCCCNC(=O)CO)cc1)C2. The lowest BCUT2D eigenvalue weighted by atomic mass is 9.77. The molecule has 9 nitrogen and oxygen atoms in total. The number of piperidine rings is 1. The molecule has 0 aromatic heterocycles. The van der Waals surface area contributed by atoms with Crippen molar-refractivity contribution in [1.29, 1.82) is 0 Å². The van der Waals surface area contributed by atoms with Gasteiger partial charge in [0, 0.05) is 37.3 Å². The molecule has 2 aromatic carbocycles. The Hall–Kier alpha value is -3.43. The Labute approximate surface area is 254 Å². The number of amides is 2.